The number of hydrogen-bond donors (Lipinski definition) is 1. The molecule has 3 rings (SSSR count). The first-order chi connectivity index (χ1) is 8.24. The lowest BCUT2D eigenvalue weighted by atomic mass is 9.57. The Balaban J connectivity index is 2.06. The number of aliphatic hydroxyl groups excluding tert-OH is 1. The topological polar surface area (TPSA) is 38.7 Å². The molecule has 0 radical (unpaired) electrons. The lowest BCUT2D eigenvalue weighted by Gasteiger charge is -2.58. The van der Waals surface area contributed by atoms with Crippen LogP contribution in [0.4, 0.5) is 4.39 Å². The van der Waals surface area contributed by atoms with E-state index in [1.165, 1.54) is 6.07 Å². The van der Waals surface area contributed by atoms with Gasteiger partial charge in [0.05, 0.1) is 43.9 Å². The van der Waals surface area contributed by atoms with Gasteiger partial charge in [0.2, 0.25) is 0 Å². The summed E-state index contributed by atoms with van der Waals surface area (Å²) in [7, 11) is 0. The highest BCUT2D eigenvalue weighted by atomic mass is 19.1. The van der Waals surface area contributed by atoms with Crippen LogP contribution < -0.4 is 0 Å². The lowest BCUT2D eigenvalue weighted by molar-refractivity contribution is -0.242. The van der Waals surface area contributed by atoms with Crippen molar-refractivity contribution in [1.82, 2.24) is 0 Å². The van der Waals surface area contributed by atoms with E-state index in [1.807, 2.05) is 6.07 Å². The summed E-state index contributed by atoms with van der Waals surface area (Å²) < 4.78 is 24.5. The van der Waals surface area contributed by atoms with E-state index in [0.717, 1.165) is 0 Å². The van der Waals surface area contributed by atoms with Crippen molar-refractivity contribution in [2.24, 2.45) is 5.41 Å². The van der Waals surface area contributed by atoms with Gasteiger partial charge in [-0.3, -0.25) is 0 Å². The molecule has 2 aliphatic rings. The molecule has 1 aromatic rings. The van der Waals surface area contributed by atoms with Gasteiger partial charge in [-0.25, -0.2) is 4.39 Å². The smallest absolute Gasteiger partial charge is 0.127 e. The molecule has 2 aliphatic heterocycles. The Hall–Kier alpha value is -0.970. The summed E-state index contributed by atoms with van der Waals surface area (Å²) in [6.07, 6.45) is 0. The fourth-order valence-corrected chi connectivity index (χ4v) is 2.77. The van der Waals surface area contributed by atoms with Crippen molar-refractivity contribution in [2.45, 2.75) is 5.41 Å². The van der Waals surface area contributed by atoms with Crippen molar-refractivity contribution in [3.8, 4) is 0 Å². The second-order valence-corrected chi connectivity index (χ2v) is 4.99. The SMILES string of the molecule is OCC1(C2(c3ccccc3F)COC2)COC1. The predicted octanol–water partition coefficient (Wildman–Crippen LogP) is 1.10. The number of rotatable bonds is 3. The van der Waals surface area contributed by atoms with Crippen molar-refractivity contribution in [3.05, 3.63) is 35.6 Å². The van der Waals surface area contributed by atoms with Gasteiger partial charge in [-0.1, -0.05) is 18.2 Å². The van der Waals surface area contributed by atoms with Crippen LogP contribution in [0.2, 0.25) is 0 Å². The highest BCUT2D eigenvalue weighted by Crippen LogP contribution is 2.52. The zero-order valence-corrected chi connectivity index (χ0v) is 9.49. The van der Waals surface area contributed by atoms with Gasteiger partial charge in [-0.15, -0.1) is 0 Å². The van der Waals surface area contributed by atoms with E-state index < -0.39 is 5.41 Å². The Kier molecular flexibility index (Phi) is 2.47. The molecular weight excluding hydrogens is 223 g/mol. The molecule has 0 aliphatic carbocycles. The molecule has 4 heteroatoms. The summed E-state index contributed by atoms with van der Waals surface area (Å²) in [5.41, 5.74) is -0.165. The third-order valence-corrected chi connectivity index (χ3v) is 4.16. The van der Waals surface area contributed by atoms with Crippen molar-refractivity contribution >= 4 is 0 Å². The predicted molar refractivity (Wildman–Crippen MR) is 59.2 cm³/mol. The molecule has 0 aromatic heterocycles. The van der Waals surface area contributed by atoms with E-state index in [0.29, 0.717) is 32.0 Å². The largest absolute Gasteiger partial charge is 0.396 e. The van der Waals surface area contributed by atoms with E-state index >= 15 is 0 Å². The first-order valence-electron chi connectivity index (χ1n) is 5.76. The zero-order chi connectivity index (χ0) is 11.9. The second kappa shape index (κ2) is 3.77. The van der Waals surface area contributed by atoms with Crippen LogP contribution in [-0.4, -0.2) is 38.1 Å². The van der Waals surface area contributed by atoms with E-state index in [1.54, 1.807) is 12.1 Å². The Morgan fingerprint density at radius 2 is 1.76 bits per heavy atom. The summed E-state index contributed by atoms with van der Waals surface area (Å²) in [6.45, 7) is 1.86. The van der Waals surface area contributed by atoms with Crippen molar-refractivity contribution in [1.29, 1.82) is 0 Å². The van der Waals surface area contributed by atoms with Gasteiger partial charge < -0.3 is 14.6 Å². The summed E-state index contributed by atoms with van der Waals surface area (Å²) in [5, 5.41) is 9.63. The van der Waals surface area contributed by atoms with Crippen LogP contribution >= 0.6 is 0 Å². The lowest BCUT2D eigenvalue weighted by Crippen LogP contribution is -2.68. The molecule has 2 saturated heterocycles. The van der Waals surface area contributed by atoms with Crippen LogP contribution in [0.25, 0.3) is 0 Å². The molecule has 0 spiro atoms. The van der Waals surface area contributed by atoms with Crippen molar-refractivity contribution in [2.75, 3.05) is 33.0 Å². The fraction of sp³-hybridized carbons (Fsp3) is 0.538. The molecule has 17 heavy (non-hydrogen) atoms. The molecule has 92 valence electrons. The summed E-state index contributed by atoms with van der Waals surface area (Å²) in [4.78, 5) is 0. The molecule has 1 aromatic carbocycles. The molecule has 0 unspecified atom stereocenters. The maximum Gasteiger partial charge on any atom is 0.127 e. The number of halogens is 1. The Labute approximate surface area is 99.2 Å². The highest BCUT2D eigenvalue weighted by Gasteiger charge is 2.61. The molecular formula is C13H15FO3. The molecule has 3 nitrogen and oxygen atoms in total. The minimum atomic E-state index is -0.425. The van der Waals surface area contributed by atoms with Gasteiger partial charge in [-0.2, -0.15) is 0 Å². The molecule has 0 bridgehead atoms. The number of hydrogen-bond acceptors (Lipinski definition) is 3. The normalized spacial score (nSPS) is 24.8. The van der Waals surface area contributed by atoms with Gasteiger partial charge >= 0.3 is 0 Å². The maximum atomic E-state index is 14.0. The van der Waals surface area contributed by atoms with Crippen LogP contribution in [0, 0.1) is 11.2 Å². The summed E-state index contributed by atoms with van der Waals surface area (Å²) in [6, 6.07) is 6.74. The summed E-state index contributed by atoms with van der Waals surface area (Å²) >= 11 is 0. The first-order valence-corrected chi connectivity index (χ1v) is 5.76. The molecule has 2 fully saturated rings. The minimum absolute atomic E-state index is 0.00466. The second-order valence-electron chi connectivity index (χ2n) is 4.99. The van der Waals surface area contributed by atoms with Crippen molar-refractivity contribution in [3.63, 3.8) is 0 Å². The average molecular weight is 238 g/mol. The minimum Gasteiger partial charge on any atom is -0.396 e. The van der Waals surface area contributed by atoms with Crippen LogP contribution in [0.5, 0.6) is 0 Å². The number of benzene rings is 1. The third-order valence-electron chi connectivity index (χ3n) is 4.16. The van der Waals surface area contributed by atoms with Gasteiger partial charge in [0, 0.05) is 0 Å². The Morgan fingerprint density at radius 3 is 2.18 bits per heavy atom. The zero-order valence-electron chi connectivity index (χ0n) is 9.49. The fourth-order valence-electron chi connectivity index (χ4n) is 2.77. The average Bonchev–Trinajstić information content (AvgIpc) is 2.22. The van der Waals surface area contributed by atoms with E-state index in [4.69, 9.17) is 9.47 Å². The van der Waals surface area contributed by atoms with Gasteiger partial charge in [0.15, 0.2) is 0 Å². The van der Waals surface area contributed by atoms with Crippen LogP contribution in [0.15, 0.2) is 24.3 Å². The molecule has 0 amide bonds. The van der Waals surface area contributed by atoms with E-state index in [-0.39, 0.29) is 17.8 Å². The van der Waals surface area contributed by atoms with E-state index in [2.05, 4.69) is 0 Å². The number of aliphatic hydroxyl groups is 1. The molecule has 0 saturated carbocycles. The molecule has 1 N–H and O–H groups in total. The first kappa shape index (κ1) is 11.1. The standard InChI is InChI=1S/C13H15FO3/c14-11-4-2-1-3-10(11)13(8-17-9-13)12(5-15)6-16-7-12/h1-4,15H,5-9H2. The van der Waals surface area contributed by atoms with Gasteiger partial charge in [0.25, 0.3) is 0 Å². The monoisotopic (exact) mass is 238 g/mol. The van der Waals surface area contributed by atoms with Crippen LogP contribution in [-0.2, 0) is 14.9 Å². The number of ether oxygens (including phenoxy) is 2. The third kappa shape index (κ3) is 1.32. The van der Waals surface area contributed by atoms with Crippen LogP contribution in [0.1, 0.15) is 5.56 Å². The highest BCUT2D eigenvalue weighted by molar-refractivity contribution is 5.34. The Bertz CT molecular complexity index is 419. The Morgan fingerprint density at radius 1 is 1.12 bits per heavy atom. The van der Waals surface area contributed by atoms with Gasteiger partial charge in [0.1, 0.15) is 5.82 Å². The van der Waals surface area contributed by atoms with E-state index in [9.17, 15) is 9.50 Å². The molecule has 0 atom stereocenters. The quantitative estimate of drug-likeness (QED) is 0.857. The van der Waals surface area contributed by atoms with Crippen LogP contribution in [0.3, 0.4) is 0 Å². The summed E-state index contributed by atoms with van der Waals surface area (Å²) in [5.74, 6) is -0.226. The molecule has 2 heterocycles. The van der Waals surface area contributed by atoms with Crippen molar-refractivity contribution < 1.29 is 19.0 Å². The maximum absolute atomic E-state index is 14.0. The van der Waals surface area contributed by atoms with Gasteiger partial charge in [-0.05, 0) is 11.6 Å².